The highest BCUT2D eigenvalue weighted by atomic mass is 16.7. The summed E-state index contributed by atoms with van der Waals surface area (Å²) >= 11 is 0. The van der Waals surface area contributed by atoms with Crippen LogP contribution in [-0.4, -0.2) is 48.0 Å². The Bertz CT molecular complexity index is 790. The van der Waals surface area contributed by atoms with Gasteiger partial charge in [-0.15, -0.1) is 0 Å². The third-order valence-corrected chi connectivity index (χ3v) is 6.32. The van der Waals surface area contributed by atoms with Gasteiger partial charge in [-0.25, -0.2) is 0 Å². The van der Waals surface area contributed by atoms with Gasteiger partial charge in [-0.1, -0.05) is 30.4 Å². The maximum atomic E-state index is 6.00. The van der Waals surface area contributed by atoms with Gasteiger partial charge in [0.25, 0.3) is 0 Å². The molecule has 3 aliphatic heterocycles. The summed E-state index contributed by atoms with van der Waals surface area (Å²) in [5.41, 5.74) is 2.65. The number of H-pyrrole nitrogens is 1. The first kappa shape index (κ1) is 15.6. The van der Waals surface area contributed by atoms with Crippen LogP contribution in [0.5, 0.6) is 0 Å². The SMILES string of the molecule is CC1([C@@H]2C[C@@H]3C=C[C@H]2N(CCc2c[nH]c4ccccc24)C3)OCCO1. The summed E-state index contributed by atoms with van der Waals surface area (Å²) in [6.45, 7) is 5.83. The Labute approximate surface area is 148 Å². The number of fused-ring (bicyclic) bond motifs is 3. The summed E-state index contributed by atoms with van der Waals surface area (Å²) in [5, 5.41) is 1.35. The minimum absolute atomic E-state index is 0.410. The topological polar surface area (TPSA) is 37.5 Å². The second-order valence-electron chi connectivity index (χ2n) is 7.80. The van der Waals surface area contributed by atoms with Crippen LogP contribution in [-0.2, 0) is 15.9 Å². The van der Waals surface area contributed by atoms with Gasteiger partial charge >= 0.3 is 0 Å². The van der Waals surface area contributed by atoms with Gasteiger partial charge in [-0.2, -0.15) is 0 Å². The third kappa shape index (κ3) is 2.64. The summed E-state index contributed by atoms with van der Waals surface area (Å²) in [7, 11) is 0. The van der Waals surface area contributed by atoms with Crippen molar-refractivity contribution in [2.45, 2.75) is 31.6 Å². The Morgan fingerprint density at radius 1 is 1.20 bits per heavy atom. The van der Waals surface area contributed by atoms with Crippen LogP contribution in [0.4, 0.5) is 0 Å². The van der Waals surface area contributed by atoms with Crippen molar-refractivity contribution in [2.24, 2.45) is 11.8 Å². The van der Waals surface area contributed by atoms with E-state index >= 15 is 0 Å². The van der Waals surface area contributed by atoms with E-state index in [0.29, 0.717) is 17.9 Å². The lowest BCUT2D eigenvalue weighted by molar-refractivity contribution is -0.205. The van der Waals surface area contributed by atoms with Gasteiger partial charge in [-0.05, 0) is 37.3 Å². The van der Waals surface area contributed by atoms with Crippen molar-refractivity contribution in [3.63, 3.8) is 0 Å². The minimum Gasteiger partial charge on any atom is -0.361 e. The molecule has 1 N–H and O–H groups in total. The molecule has 4 nitrogen and oxygen atoms in total. The van der Waals surface area contributed by atoms with Gasteiger partial charge in [0.1, 0.15) is 0 Å². The monoisotopic (exact) mass is 338 g/mol. The molecule has 4 heterocycles. The highest BCUT2D eigenvalue weighted by molar-refractivity contribution is 5.83. The zero-order valence-electron chi connectivity index (χ0n) is 14.8. The maximum Gasteiger partial charge on any atom is 0.170 e. The number of aromatic nitrogens is 1. The zero-order valence-corrected chi connectivity index (χ0v) is 14.8. The Morgan fingerprint density at radius 3 is 2.88 bits per heavy atom. The Morgan fingerprint density at radius 2 is 2.04 bits per heavy atom. The number of ether oxygens (including phenoxy) is 2. The molecule has 2 fully saturated rings. The van der Waals surface area contributed by atoms with Gasteiger partial charge < -0.3 is 14.5 Å². The first-order chi connectivity index (χ1) is 12.2. The number of hydrogen-bond donors (Lipinski definition) is 1. The van der Waals surface area contributed by atoms with Gasteiger partial charge in [-0.3, -0.25) is 4.90 Å². The van der Waals surface area contributed by atoms with E-state index in [-0.39, 0.29) is 0 Å². The number of nitrogens with zero attached hydrogens (tertiary/aromatic N) is 1. The average molecular weight is 338 g/mol. The van der Waals surface area contributed by atoms with E-state index in [4.69, 9.17) is 9.47 Å². The maximum absolute atomic E-state index is 6.00. The Hall–Kier alpha value is -1.62. The predicted molar refractivity (Wildman–Crippen MR) is 98.4 cm³/mol. The van der Waals surface area contributed by atoms with Crippen LogP contribution in [0.25, 0.3) is 10.9 Å². The van der Waals surface area contributed by atoms with E-state index < -0.39 is 5.79 Å². The highest BCUT2D eigenvalue weighted by Crippen LogP contribution is 2.43. The van der Waals surface area contributed by atoms with E-state index in [0.717, 1.165) is 32.7 Å². The van der Waals surface area contributed by atoms with E-state index in [1.807, 2.05) is 0 Å². The zero-order chi connectivity index (χ0) is 16.9. The van der Waals surface area contributed by atoms with Gasteiger partial charge in [0.15, 0.2) is 5.79 Å². The van der Waals surface area contributed by atoms with Crippen molar-refractivity contribution >= 4 is 10.9 Å². The molecule has 2 saturated heterocycles. The predicted octanol–water partition coefficient (Wildman–Crippen LogP) is 3.35. The van der Waals surface area contributed by atoms with Crippen LogP contribution in [0.15, 0.2) is 42.6 Å². The molecule has 2 bridgehead atoms. The number of benzene rings is 1. The molecule has 25 heavy (non-hydrogen) atoms. The third-order valence-electron chi connectivity index (χ3n) is 6.32. The molecule has 0 amide bonds. The van der Waals surface area contributed by atoms with E-state index in [1.165, 1.54) is 22.9 Å². The lowest BCUT2D eigenvalue weighted by Crippen LogP contribution is -2.57. The van der Waals surface area contributed by atoms with Gasteiger partial charge in [0.2, 0.25) is 0 Å². The number of rotatable bonds is 4. The molecule has 1 aromatic heterocycles. The van der Waals surface area contributed by atoms with Gasteiger partial charge in [0.05, 0.1) is 13.2 Å². The molecule has 0 spiro atoms. The van der Waals surface area contributed by atoms with Crippen molar-refractivity contribution in [2.75, 3.05) is 26.3 Å². The summed E-state index contributed by atoms with van der Waals surface area (Å²) < 4.78 is 12.0. The second-order valence-corrected chi connectivity index (χ2v) is 7.80. The molecule has 4 aliphatic rings. The van der Waals surface area contributed by atoms with E-state index in [9.17, 15) is 0 Å². The second kappa shape index (κ2) is 5.97. The summed E-state index contributed by atoms with van der Waals surface area (Å²) in [6, 6.07) is 9.00. The first-order valence-electron chi connectivity index (χ1n) is 9.48. The summed E-state index contributed by atoms with van der Waals surface area (Å²) in [6.07, 6.45) is 9.23. The van der Waals surface area contributed by atoms with E-state index in [1.54, 1.807) is 0 Å². The minimum atomic E-state index is -0.410. The van der Waals surface area contributed by atoms with Crippen molar-refractivity contribution < 1.29 is 9.47 Å². The van der Waals surface area contributed by atoms with Crippen LogP contribution >= 0.6 is 0 Å². The molecule has 0 unspecified atom stereocenters. The van der Waals surface area contributed by atoms with Crippen LogP contribution in [0.2, 0.25) is 0 Å². The molecule has 132 valence electrons. The molecule has 3 atom stereocenters. The first-order valence-corrected chi connectivity index (χ1v) is 9.48. The lowest BCUT2D eigenvalue weighted by Gasteiger charge is -2.50. The number of nitrogens with one attached hydrogen (secondary N) is 1. The molecular weight excluding hydrogens is 312 g/mol. The number of aromatic amines is 1. The molecule has 1 aliphatic carbocycles. The Kier molecular flexibility index (Phi) is 3.73. The van der Waals surface area contributed by atoms with Crippen molar-refractivity contribution in [3.05, 3.63) is 48.2 Å². The average Bonchev–Trinajstić information content (AvgIpc) is 3.28. The summed E-state index contributed by atoms with van der Waals surface area (Å²) in [5.74, 6) is 0.650. The summed E-state index contributed by atoms with van der Waals surface area (Å²) in [4.78, 5) is 6.03. The van der Waals surface area contributed by atoms with Crippen LogP contribution in [0.1, 0.15) is 18.9 Å². The van der Waals surface area contributed by atoms with E-state index in [2.05, 4.69) is 59.4 Å². The fourth-order valence-electron chi connectivity index (χ4n) is 5.00. The standard InChI is InChI=1S/C21H26N2O2/c1-21(24-10-11-25-21)18-12-15-6-7-20(18)23(14-15)9-8-16-13-22-19-5-3-2-4-17(16)19/h2-7,13,15,18,20,22H,8-12,14H2,1H3/t15-,18+,20+/m0/s1. The largest absolute Gasteiger partial charge is 0.361 e. The molecule has 6 rings (SSSR count). The van der Waals surface area contributed by atoms with Crippen molar-refractivity contribution in [1.29, 1.82) is 0 Å². The number of para-hydroxylation sites is 1. The van der Waals surface area contributed by atoms with Crippen molar-refractivity contribution in [3.8, 4) is 0 Å². The molecular formula is C21H26N2O2. The van der Waals surface area contributed by atoms with Crippen LogP contribution in [0.3, 0.4) is 0 Å². The van der Waals surface area contributed by atoms with Crippen LogP contribution in [0, 0.1) is 11.8 Å². The molecule has 2 aromatic rings. The lowest BCUT2D eigenvalue weighted by atomic mass is 9.73. The molecule has 0 radical (unpaired) electrons. The Balaban J connectivity index is 1.33. The molecule has 4 heteroatoms. The highest BCUT2D eigenvalue weighted by Gasteiger charge is 2.49. The molecule has 0 saturated carbocycles. The van der Waals surface area contributed by atoms with Crippen LogP contribution < -0.4 is 0 Å². The smallest absolute Gasteiger partial charge is 0.170 e. The van der Waals surface area contributed by atoms with Crippen molar-refractivity contribution in [1.82, 2.24) is 9.88 Å². The quantitative estimate of drug-likeness (QED) is 0.869. The normalized spacial score (nSPS) is 31.2. The van der Waals surface area contributed by atoms with Gasteiger partial charge in [0, 0.05) is 42.1 Å². The fourth-order valence-corrected chi connectivity index (χ4v) is 5.00. The number of piperidine rings is 1. The molecule has 1 aromatic carbocycles. The fraction of sp³-hybridized carbons (Fsp3) is 0.524. The number of hydrogen-bond acceptors (Lipinski definition) is 3.